The van der Waals surface area contributed by atoms with Crippen molar-refractivity contribution in [2.45, 2.75) is 26.0 Å². The van der Waals surface area contributed by atoms with E-state index >= 15 is 0 Å². The van der Waals surface area contributed by atoms with Gasteiger partial charge >= 0.3 is 5.97 Å². The van der Waals surface area contributed by atoms with Crippen molar-refractivity contribution in [3.63, 3.8) is 0 Å². The monoisotopic (exact) mass is 305 g/mol. The molecule has 2 rings (SSSR count). The SMILES string of the molecule is COCc1c(C(=O)O)nnn1CCCCOc1ccccc1. The minimum absolute atomic E-state index is 0.0533. The number of aromatic nitrogens is 3. The summed E-state index contributed by atoms with van der Waals surface area (Å²) in [5.74, 6) is -0.248. The average Bonchev–Trinajstić information content (AvgIpc) is 2.92. The molecule has 1 heterocycles. The van der Waals surface area contributed by atoms with Crippen LogP contribution in [0.3, 0.4) is 0 Å². The summed E-state index contributed by atoms with van der Waals surface area (Å²) >= 11 is 0. The van der Waals surface area contributed by atoms with Crippen LogP contribution in [0.25, 0.3) is 0 Å². The van der Waals surface area contributed by atoms with Crippen molar-refractivity contribution < 1.29 is 19.4 Å². The van der Waals surface area contributed by atoms with Gasteiger partial charge in [-0.1, -0.05) is 23.4 Å². The van der Waals surface area contributed by atoms with Crippen LogP contribution in [-0.4, -0.2) is 39.8 Å². The molecule has 0 spiro atoms. The first-order chi connectivity index (χ1) is 10.7. The molecule has 0 aliphatic carbocycles. The number of aromatic carboxylic acids is 1. The number of hydrogen-bond acceptors (Lipinski definition) is 5. The Morgan fingerprint density at radius 1 is 1.27 bits per heavy atom. The second-order valence-corrected chi connectivity index (χ2v) is 4.71. The fourth-order valence-corrected chi connectivity index (χ4v) is 2.03. The molecule has 118 valence electrons. The van der Waals surface area contributed by atoms with Crippen molar-refractivity contribution in [3.8, 4) is 5.75 Å². The van der Waals surface area contributed by atoms with E-state index in [9.17, 15) is 4.79 Å². The predicted molar refractivity (Wildman–Crippen MR) is 78.9 cm³/mol. The van der Waals surface area contributed by atoms with Gasteiger partial charge in [0.25, 0.3) is 0 Å². The molecule has 0 aliphatic heterocycles. The summed E-state index contributed by atoms with van der Waals surface area (Å²) in [4.78, 5) is 11.1. The number of aryl methyl sites for hydroxylation is 1. The Bertz CT molecular complexity index is 598. The molecular formula is C15H19N3O4. The Morgan fingerprint density at radius 3 is 2.73 bits per heavy atom. The summed E-state index contributed by atoms with van der Waals surface area (Å²) < 4.78 is 12.2. The lowest BCUT2D eigenvalue weighted by molar-refractivity contribution is 0.0684. The molecule has 22 heavy (non-hydrogen) atoms. The highest BCUT2D eigenvalue weighted by Crippen LogP contribution is 2.11. The van der Waals surface area contributed by atoms with Gasteiger partial charge in [-0.05, 0) is 25.0 Å². The van der Waals surface area contributed by atoms with Crippen LogP contribution in [0.5, 0.6) is 5.75 Å². The summed E-state index contributed by atoms with van der Waals surface area (Å²) in [6.45, 7) is 1.36. The number of unbranched alkanes of at least 4 members (excludes halogenated alkanes) is 1. The fourth-order valence-electron chi connectivity index (χ4n) is 2.03. The molecule has 0 fully saturated rings. The highest BCUT2D eigenvalue weighted by molar-refractivity contribution is 5.86. The molecule has 0 saturated carbocycles. The van der Waals surface area contributed by atoms with Crippen LogP contribution in [0.2, 0.25) is 0 Å². The first-order valence-corrected chi connectivity index (χ1v) is 7.05. The highest BCUT2D eigenvalue weighted by atomic mass is 16.5. The van der Waals surface area contributed by atoms with Gasteiger partial charge in [0.05, 0.1) is 18.9 Å². The van der Waals surface area contributed by atoms with E-state index in [2.05, 4.69) is 10.3 Å². The number of ether oxygens (including phenoxy) is 2. The number of methoxy groups -OCH3 is 1. The van der Waals surface area contributed by atoms with Crippen LogP contribution < -0.4 is 4.74 Å². The summed E-state index contributed by atoms with van der Waals surface area (Å²) in [5, 5.41) is 16.6. The average molecular weight is 305 g/mol. The number of nitrogens with zero attached hydrogens (tertiary/aromatic N) is 3. The van der Waals surface area contributed by atoms with Gasteiger partial charge in [0, 0.05) is 13.7 Å². The second kappa shape index (κ2) is 8.14. The van der Waals surface area contributed by atoms with E-state index in [0.29, 0.717) is 18.8 Å². The Labute approximate surface area is 128 Å². The van der Waals surface area contributed by atoms with Crippen LogP contribution in [-0.2, 0) is 17.9 Å². The first-order valence-electron chi connectivity index (χ1n) is 7.05. The van der Waals surface area contributed by atoms with Crippen LogP contribution in [0, 0.1) is 0 Å². The lowest BCUT2D eigenvalue weighted by atomic mass is 10.3. The number of carboxylic acid groups (broad SMARTS) is 1. The third-order valence-corrected chi connectivity index (χ3v) is 3.10. The van der Waals surface area contributed by atoms with Gasteiger partial charge in [0.1, 0.15) is 5.75 Å². The lowest BCUT2D eigenvalue weighted by Crippen LogP contribution is -2.10. The van der Waals surface area contributed by atoms with Gasteiger partial charge in [-0.3, -0.25) is 0 Å². The Hall–Kier alpha value is -2.41. The molecular weight excluding hydrogens is 286 g/mol. The van der Waals surface area contributed by atoms with E-state index in [1.54, 1.807) is 4.68 Å². The van der Waals surface area contributed by atoms with Crippen molar-refractivity contribution in [2.24, 2.45) is 0 Å². The molecule has 7 heteroatoms. The topological polar surface area (TPSA) is 86.5 Å². The van der Waals surface area contributed by atoms with E-state index in [1.807, 2.05) is 30.3 Å². The molecule has 0 radical (unpaired) electrons. The van der Waals surface area contributed by atoms with Crippen LogP contribution >= 0.6 is 0 Å². The van der Waals surface area contributed by atoms with E-state index < -0.39 is 5.97 Å². The van der Waals surface area contributed by atoms with Crippen molar-refractivity contribution in [3.05, 3.63) is 41.7 Å². The normalized spacial score (nSPS) is 10.6. The molecule has 0 saturated heterocycles. The maximum atomic E-state index is 11.1. The Kier molecular flexibility index (Phi) is 5.91. The van der Waals surface area contributed by atoms with Crippen molar-refractivity contribution in [1.82, 2.24) is 15.0 Å². The number of carboxylic acids is 1. The van der Waals surface area contributed by atoms with Crippen LogP contribution in [0.4, 0.5) is 0 Å². The molecule has 0 atom stereocenters. The van der Waals surface area contributed by atoms with E-state index in [-0.39, 0.29) is 12.3 Å². The number of rotatable bonds is 9. The summed E-state index contributed by atoms with van der Waals surface area (Å²) in [6, 6.07) is 9.61. The summed E-state index contributed by atoms with van der Waals surface area (Å²) in [6.07, 6.45) is 1.65. The molecule has 0 bridgehead atoms. The molecule has 1 N–H and O–H groups in total. The van der Waals surface area contributed by atoms with Crippen molar-refractivity contribution >= 4 is 5.97 Å². The van der Waals surface area contributed by atoms with Gasteiger partial charge in [0.2, 0.25) is 0 Å². The molecule has 7 nitrogen and oxygen atoms in total. The predicted octanol–water partition coefficient (Wildman–Crippen LogP) is 1.98. The fraction of sp³-hybridized carbons (Fsp3) is 0.400. The van der Waals surface area contributed by atoms with Gasteiger partial charge < -0.3 is 14.6 Å². The largest absolute Gasteiger partial charge is 0.494 e. The van der Waals surface area contributed by atoms with E-state index in [0.717, 1.165) is 18.6 Å². The minimum atomic E-state index is -1.09. The number of hydrogen-bond donors (Lipinski definition) is 1. The zero-order valence-electron chi connectivity index (χ0n) is 12.4. The summed E-state index contributed by atoms with van der Waals surface area (Å²) in [5.41, 5.74) is 0.432. The van der Waals surface area contributed by atoms with Gasteiger partial charge in [-0.2, -0.15) is 0 Å². The van der Waals surface area contributed by atoms with Crippen LogP contribution in [0.1, 0.15) is 29.0 Å². The molecule has 1 aromatic carbocycles. The third kappa shape index (κ3) is 4.29. The second-order valence-electron chi connectivity index (χ2n) is 4.71. The first kappa shape index (κ1) is 16.0. The minimum Gasteiger partial charge on any atom is -0.494 e. The maximum Gasteiger partial charge on any atom is 0.358 e. The molecule has 2 aromatic rings. The van der Waals surface area contributed by atoms with Gasteiger partial charge in [-0.25, -0.2) is 9.48 Å². The third-order valence-electron chi connectivity index (χ3n) is 3.10. The maximum absolute atomic E-state index is 11.1. The standard InChI is InChI=1S/C15H19N3O4/c1-21-11-13-14(15(19)20)16-17-18(13)9-5-6-10-22-12-7-3-2-4-8-12/h2-4,7-8H,5-6,9-11H2,1H3,(H,19,20). The van der Waals surface area contributed by atoms with Crippen molar-refractivity contribution in [2.75, 3.05) is 13.7 Å². The molecule has 0 amide bonds. The van der Waals surface area contributed by atoms with E-state index in [1.165, 1.54) is 7.11 Å². The number of benzene rings is 1. The van der Waals surface area contributed by atoms with Gasteiger partial charge in [-0.15, -0.1) is 5.10 Å². The molecule has 1 aromatic heterocycles. The Morgan fingerprint density at radius 2 is 2.05 bits per heavy atom. The Balaban J connectivity index is 1.80. The zero-order valence-corrected chi connectivity index (χ0v) is 12.4. The highest BCUT2D eigenvalue weighted by Gasteiger charge is 2.18. The molecule has 0 unspecified atom stereocenters. The van der Waals surface area contributed by atoms with E-state index in [4.69, 9.17) is 14.6 Å². The molecule has 0 aliphatic rings. The number of para-hydroxylation sites is 1. The summed E-state index contributed by atoms with van der Waals surface area (Å²) in [7, 11) is 1.51. The van der Waals surface area contributed by atoms with Crippen molar-refractivity contribution in [1.29, 1.82) is 0 Å². The zero-order chi connectivity index (χ0) is 15.8. The van der Waals surface area contributed by atoms with Gasteiger partial charge in [0.15, 0.2) is 5.69 Å². The number of carbonyl (C=O) groups is 1. The smallest absolute Gasteiger partial charge is 0.358 e. The quantitative estimate of drug-likeness (QED) is 0.713. The lowest BCUT2D eigenvalue weighted by Gasteiger charge is -2.07. The van der Waals surface area contributed by atoms with Crippen LogP contribution in [0.15, 0.2) is 30.3 Å².